The van der Waals surface area contributed by atoms with Crippen molar-refractivity contribution in [2.45, 2.75) is 37.9 Å². The molecule has 3 rings (SSSR count). The molecule has 0 saturated carbocycles. The topological polar surface area (TPSA) is 73.5 Å². The molecular weight excluding hydrogens is 292 g/mol. The molecule has 2 N–H and O–H groups in total. The molecule has 0 spiro atoms. The van der Waals surface area contributed by atoms with Crippen LogP contribution in [0, 0.1) is 0 Å². The van der Waals surface area contributed by atoms with Crippen LogP contribution in [0.15, 0.2) is 6.33 Å². The van der Waals surface area contributed by atoms with Crippen molar-refractivity contribution >= 4 is 23.2 Å². The summed E-state index contributed by atoms with van der Waals surface area (Å²) in [6, 6.07) is 0. The Labute approximate surface area is 129 Å². The number of hydrogen-bond donors (Lipinski definition) is 1. The average molecular weight is 313 g/mol. The molecule has 3 heterocycles. The van der Waals surface area contributed by atoms with Crippen LogP contribution >= 0.6 is 11.6 Å². The maximum absolute atomic E-state index is 6.17. The van der Waals surface area contributed by atoms with Crippen molar-refractivity contribution in [2.24, 2.45) is 0 Å². The Morgan fingerprint density at radius 1 is 1.33 bits per heavy atom. The van der Waals surface area contributed by atoms with Crippen molar-refractivity contribution in [1.29, 1.82) is 0 Å². The van der Waals surface area contributed by atoms with Gasteiger partial charge in [0.15, 0.2) is 5.82 Å². The molecule has 1 unspecified atom stereocenters. The summed E-state index contributed by atoms with van der Waals surface area (Å²) in [6.07, 6.45) is 6.24. The average Bonchev–Trinajstić information content (AvgIpc) is 3.02. The second-order valence-corrected chi connectivity index (χ2v) is 5.93. The van der Waals surface area contributed by atoms with Gasteiger partial charge in [0, 0.05) is 19.7 Å². The predicted octanol–water partition coefficient (Wildman–Crippen LogP) is 1.88. The summed E-state index contributed by atoms with van der Waals surface area (Å²) in [6.45, 7) is 3.32. The first-order valence-electron chi connectivity index (χ1n) is 7.48. The molecule has 0 bridgehead atoms. The monoisotopic (exact) mass is 312 g/mol. The smallest absolute Gasteiger partial charge is 0.153 e. The van der Waals surface area contributed by atoms with Gasteiger partial charge in [-0.3, -0.25) is 0 Å². The fourth-order valence-electron chi connectivity index (χ4n) is 2.85. The first-order chi connectivity index (χ1) is 10.2. The summed E-state index contributed by atoms with van der Waals surface area (Å²) in [5.74, 6) is 1.06. The van der Waals surface area contributed by atoms with Crippen LogP contribution in [-0.4, -0.2) is 48.5 Å². The second kappa shape index (κ2) is 6.77. The number of nitrogen functional groups attached to an aromatic ring is 1. The van der Waals surface area contributed by atoms with Crippen molar-refractivity contribution in [3.63, 3.8) is 0 Å². The first-order valence-corrected chi connectivity index (χ1v) is 7.86. The van der Waals surface area contributed by atoms with E-state index in [-0.39, 0.29) is 0 Å². The minimum Gasteiger partial charge on any atom is -0.382 e. The number of nitrogens with two attached hydrogens (primary N) is 1. The zero-order valence-corrected chi connectivity index (χ0v) is 12.8. The molecule has 6 nitrogen and oxygen atoms in total. The van der Waals surface area contributed by atoms with Gasteiger partial charge in [-0.1, -0.05) is 11.6 Å². The minimum atomic E-state index is 0.291. The Balaban J connectivity index is 1.49. The van der Waals surface area contributed by atoms with Crippen molar-refractivity contribution in [3.8, 4) is 0 Å². The number of ether oxygens (including phenoxy) is 2. The van der Waals surface area contributed by atoms with Crippen molar-refractivity contribution < 1.29 is 9.47 Å². The van der Waals surface area contributed by atoms with Crippen LogP contribution in [0.2, 0.25) is 5.02 Å². The van der Waals surface area contributed by atoms with Crippen LogP contribution < -0.4 is 10.6 Å². The fraction of sp³-hybridized carbons (Fsp3) is 0.714. The summed E-state index contributed by atoms with van der Waals surface area (Å²) in [7, 11) is 0. The van der Waals surface area contributed by atoms with Crippen molar-refractivity contribution in [1.82, 2.24) is 9.97 Å². The van der Waals surface area contributed by atoms with Crippen LogP contribution in [0.4, 0.5) is 11.6 Å². The molecule has 0 aromatic carbocycles. The molecular formula is C14H21ClN4O2. The molecule has 1 aromatic heterocycles. The van der Waals surface area contributed by atoms with Crippen LogP contribution in [0.1, 0.15) is 25.7 Å². The highest BCUT2D eigenvalue weighted by molar-refractivity contribution is 6.35. The van der Waals surface area contributed by atoms with E-state index in [1.54, 1.807) is 0 Å². The Hall–Kier alpha value is -1.11. The third-order valence-corrected chi connectivity index (χ3v) is 4.44. The van der Waals surface area contributed by atoms with E-state index < -0.39 is 0 Å². The number of piperidine rings is 1. The van der Waals surface area contributed by atoms with Gasteiger partial charge >= 0.3 is 0 Å². The van der Waals surface area contributed by atoms with E-state index in [2.05, 4.69) is 14.9 Å². The molecule has 21 heavy (non-hydrogen) atoms. The maximum Gasteiger partial charge on any atom is 0.153 e. The molecule has 0 aliphatic carbocycles. The molecule has 2 aliphatic heterocycles. The van der Waals surface area contributed by atoms with Crippen LogP contribution in [-0.2, 0) is 9.47 Å². The molecule has 116 valence electrons. The number of aromatic nitrogens is 2. The van der Waals surface area contributed by atoms with Gasteiger partial charge in [-0.05, 0) is 25.7 Å². The molecule has 0 radical (unpaired) electrons. The number of rotatable bonds is 4. The Kier molecular flexibility index (Phi) is 4.77. The van der Waals surface area contributed by atoms with E-state index in [0.29, 0.717) is 29.7 Å². The number of nitrogens with zero attached hydrogens (tertiary/aromatic N) is 3. The van der Waals surface area contributed by atoms with Gasteiger partial charge in [0.1, 0.15) is 17.2 Å². The summed E-state index contributed by atoms with van der Waals surface area (Å²) >= 11 is 6.17. The zero-order valence-electron chi connectivity index (χ0n) is 12.0. The lowest BCUT2D eigenvalue weighted by Gasteiger charge is -2.33. The van der Waals surface area contributed by atoms with Gasteiger partial charge in [0.05, 0.1) is 18.8 Å². The molecule has 2 aliphatic rings. The van der Waals surface area contributed by atoms with Gasteiger partial charge in [0.2, 0.25) is 0 Å². The lowest BCUT2D eigenvalue weighted by atomic mass is 10.1. The van der Waals surface area contributed by atoms with Gasteiger partial charge in [-0.25, -0.2) is 9.97 Å². The SMILES string of the molecule is Nc1ncnc(N2CCC(OCC3CCCO3)CC2)c1Cl. The number of hydrogen-bond acceptors (Lipinski definition) is 6. The summed E-state index contributed by atoms with van der Waals surface area (Å²) in [5, 5.41) is 0.441. The Morgan fingerprint density at radius 2 is 2.14 bits per heavy atom. The quantitative estimate of drug-likeness (QED) is 0.915. The molecule has 2 fully saturated rings. The van der Waals surface area contributed by atoms with E-state index in [0.717, 1.165) is 51.2 Å². The van der Waals surface area contributed by atoms with E-state index in [9.17, 15) is 0 Å². The highest BCUT2D eigenvalue weighted by atomic mass is 35.5. The fourth-order valence-corrected chi connectivity index (χ4v) is 3.06. The van der Waals surface area contributed by atoms with Gasteiger partial charge < -0.3 is 20.1 Å². The highest BCUT2D eigenvalue weighted by Crippen LogP contribution is 2.29. The van der Waals surface area contributed by atoms with Crippen molar-refractivity contribution in [3.05, 3.63) is 11.3 Å². The van der Waals surface area contributed by atoms with Crippen LogP contribution in [0.25, 0.3) is 0 Å². The lowest BCUT2D eigenvalue weighted by Crippen LogP contribution is -2.38. The minimum absolute atomic E-state index is 0.291. The summed E-state index contributed by atoms with van der Waals surface area (Å²) in [4.78, 5) is 10.3. The summed E-state index contributed by atoms with van der Waals surface area (Å²) in [5.41, 5.74) is 5.72. The van der Waals surface area contributed by atoms with Gasteiger partial charge in [-0.15, -0.1) is 0 Å². The zero-order chi connectivity index (χ0) is 14.7. The standard InChI is InChI=1S/C14H21ClN4O2/c15-12-13(16)17-9-18-14(12)19-5-3-10(4-6-19)21-8-11-2-1-7-20-11/h9-11H,1-8H2,(H2,16,17,18). The lowest BCUT2D eigenvalue weighted by molar-refractivity contribution is -0.0280. The van der Waals surface area contributed by atoms with E-state index >= 15 is 0 Å². The van der Waals surface area contributed by atoms with Gasteiger partial charge in [0.25, 0.3) is 0 Å². The first kappa shape index (κ1) is 14.8. The number of anilines is 2. The molecule has 1 atom stereocenters. The van der Waals surface area contributed by atoms with E-state index in [4.69, 9.17) is 26.8 Å². The maximum atomic E-state index is 6.17. The normalized spacial score (nSPS) is 23.7. The summed E-state index contributed by atoms with van der Waals surface area (Å²) < 4.78 is 11.5. The second-order valence-electron chi connectivity index (χ2n) is 5.55. The molecule has 7 heteroatoms. The third kappa shape index (κ3) is 3.56. The molecule has 1 aromatic rings. The van der Waals surface area contributed by atoms with E-state index in [1.807, 2.05) is 0 Å². The highest BCUT2D eigenvalue weighted by Gasteiger charge is 2.24. The third-order valence-electron chi connectivity index (χ3n) is 4.08. The van der Waals surface area contributed by atoms with Gasteiger partial charge in [-0.2, -0.15) is 0 Å². The van der Waals surface area contributed by atoms with E-state index in [1.165, 1.54) is 6.33 Å². The van der Waals surface area contributed by atoms with Crippen LogP contribution in [0.5, 0.6) is 0 Å². The largest absolute Gasteiger partial charge is 0.382 e. The molecule has 2 saturated heterocycles. The number of halogens is 1. The van der Waals surface area contributed by atoms with Crippen molar-refractivity contribution in [2.75, 3.05) is 36.9 Å². The Bertz CT molecular complexity index is 474. The molecule has 0 amide bonds. The predicted molar refractivity (Wildman–Crippen MR) is 81.6 cm³/mol. The van der Waals surface area contributed by atoms with Crippen LogP contribution in [0.3, 0.4) is 0 Å². The Morgan fingerprint density at radius 3 is 2.86 bits per heavy atom.